The summed E-state index contributed by atoms with van der Waals surface area (Å²) < 4.78 is 5.63. The van der Waals surface area contributed by atoms with Crippen molar-refractivity contribution in [3.8, 4) is 0 Å². The Kier molecular flexibility index (Phi) is 4.42. The average molecular weight is 419 g/mol. The quantitative estimate of drug-likeness (QED) is 0.566. The molecule has 0 aromatic heterocycles. The fourth-order valence-electron chi connectivity index (χ4n) is 10.4. The van der Waals surface area contributed by atoms with Gasteiger partial charge in [-0.2, -0.15) is 0 Å². The van der Waals surface area contributed by atoms with Crippen molar-refractivity contribution in [3.63, 3.8) is 0 Å². The van der Waals surface area contributed by atoms with Gasteiger partial charge < -0.3 is 14.9 Å². The number of ether oxygens (including phenoxy) is 1. The lowest BCUT2D eigenvalue weighted by Gasteiger charge is -2.71. The van der Waals surface area contributed by atoms with Gasteiger partial charge in [-0.25, -0.2) is 0 Å². The Labute approximate surface area is 182 Å². The van der Waals surface area contributed by atoms with Crippen molar-refractivity contribution in [3.05, 3.63) is 0 Å². The van der Waals surface area contributed by atoms with Crippen molar-refractivity contribution in [1.82, 2.24) is 0 Å². The van der Waals surface area contributed by atoms with Gasteiger partial charge in [0.05, 0.1) is 18.1 Å². The third kappa shape index (κ3) is 2.39. The van der Waals surface area contributed by atoms with Gasteiger partial charge in [0.25, 0.3) is 0 Å². The molecule has 0 spiro atoms. The summed E-state index contributed by atoms with van der Waals surface area (Å²) in [5.74, 6) is 0.506. The van der Waals surface area contributed by atoms with E-state index in [9.17, 15) is 15.0 Å². The predicted octanol–water partition coefficient (Wildman–Crippen LogP) is 4.56. The van der Waals surface area contributed by atoms with Crippen LogP contribution in [0, 0.1) is 51.2 Å². The molecule has 0 amide bonds. The Bertz CT molecular complexity index is 747. The van der Waals surface area contributed by atoms with Crippen LogP contribution in [0.1, 0.15) is 86.5 Å². The summed E-state index contributed by atoms with van der Waals surface area (Å²) in [4.78, 5) is 13.0. The third-order valence-corrected chi connectivity index (χ3v) is 11.6. The molecule has 4 aliphatic carbocycles. The van der Waals surface area contributed by atoms with Gasteiger partial charge in [0, 0.05) is 11.3 Å². The van der Waals surface area contributed by atoms with Crippen molar-refractivity contribution in [2.75, 3.05) is 0 Å². The molecule has 2 N–H and O–H groups in total. The Morgan fingerprint density at radius 1 is 0.900 bits per heavy atom. The van der Waals surface area contributed by atoms with E-state index in [0.717, 1.165) is 12.8 Å². The summed E-state index contributed by atoms with van der Waals surface area (Å²) in [7, 11) is 0. The zero-order valence-electron chi connectivity index (χ0n) is 19.8. The smallest absolute Gasteiger partial charge is 0.310 e. The molecule has 0 unspecified atom stereocenters. The van der Waals surface area contributed by atoms with E-state index in [1.54, 1.807) is 0 Å². The summed E-state index contributed by atoms with van der Waals surface area (Å²) in [5.41, 5.74) is 0.110. The summed E-state index contributed by atoms with van der Waals surface area (Å²) in [6.45, 7) is 13.9. The Hall–Kier alpha value is -0.610. The minimum Gasteiger partial charge on any atom is -0.462 e. The SMILES string of the molecule is C[C@H]1OC(=O)[C@H]2[C@@H]1[C@@H](O)C[C@@H]1[C@]3(C)CC[C@H]4C(C)(C)CCC[C@]4(C)[C@@H]3C[C@@H](O)[C@@]12C. The van der Waals surface area contributed by atoms with Crippen LogP contribution in [0.3, 0.4) is 0 Å². The topological polar surface area (TPSA) is 66.8 Å². The van der Waals surface area contributed by atoms with Crippen LogP contribution < -0.4 is 0 Å². The average Bonchev–Trinajstić information content (AvgIpc) is 2.95. The van der Waals surface area contributed by atoms with Crippen LogP contribution >= 0.6 is 0 Å². The van der Waals surface area contributed by atoms with Gasteiger partial charge in [-0.05, 0) is 79.4 Å². The molecule has 170 valence electrons. The molecule has 0 radical (unpaired) electrons. The second kappa shape index (κ2) is 6.25. The zero-order valence-corrected chi connectivity index (χ0v) is 19.8. The number of aliphatic hydroxyl groups excluding tert-OH is 2. The molecular formula is C26H42O4. The van der Waals surface area contributed by atoms with E-state index in [1.807, 2.05) is 6.92 Å². The molecule has 1 saturated heterocycles. The van der Waals surface area contributed by atoms with E-state index in [4.69, 9.17) is 4.74 Å². The molecule has 5 fully saturated rings. The van der Waals surface area contributed by atoms with E-state index >= 15 is 0 Å². The van der Waals surface area contributed by atoms with Crippen LogP contribution in [0.2, 0.25) is 0 Å². The van der Waals surface area contributed by atoms with Crippen LogP contribution in [0.15, 0.2) is 0 Å². The lowest BCUT2D eigenvalue weighted by atomic mass is 9.34. The van der Waals surface area contributed by atoms with Gasteiger partial charge >= 0.3 is 5.97 Å². The number of hydrogen-bond donors (Lipinski definition) is 2. The molecule has 4 saturated carbocycles. The van der Waals surface area contributed by atoms with Crippen LogP contribution in [0.5, 0.6) is 0 Å². The highest BCUT2D eigenvalue weighted by atomic mass is 16.6. The van der Waals surface area contributed by atoms with Crippen molar-refractivity contribution < 1.29 is 19.7 Å². The second-order valence-corrected chi connectivity index (χ2v) is 13.2. The van der Waals surface area contributed by atoms with Crippen molar-refractivity contribution in [2.24, 2.45) is 51.2 Å². The predicted molar refractivity (Wildman–Crippen MR) is 115 cm³/mol. The number of cyclic esters (lactones) is 1. The molecule has 1 heterocycles. The minimum atomic E-state index is -0.523. The second-order valence-electron chi connectivity index (χ2n) is 13.2. The molecule has 5 rings (SSSR count). The number of carbonyl (C=O) groups excluding carboxylic acids is 1. The number of hydrogen-bond acceptors (Lipinski definition) is 4. The van der Waals surface area contributed by atoms with Gasteiger partial charge in [-0.15, -0.1) is 0 Å². The monoisotopic (exact) mass is 418 g/mol. The maximum absolute atomic E-state index is 13.0. The first-order valence-electron chi connectivity index (χ1n) is 12.4. The lowest BCUT2D eigenvalue weighted by Crippen LogP contribution is -2.69. The number of esters is 1. The highest BCUT2D eigenvalue weighted by molar-refractivity contribution is 5.77. The van der Waals surface area contributed by atoms with Crippen molar-refractivity contribution in [2.45, 2.75) is 105 Å². The minimum absolute atomic E-state index is 0.0463. The Morgan fingerprint density at radius 2 is 1.57 bits per heavy atom. The van der Waals surface area contributed by atoms with Crippen LogP contribution in [0.4, 0.5) is 0 Å². The highest BCUT2D eigenvalue weighted by Crippen LogP contribution is 2.74. The standard InChI is InChI=1S/C26H42O4/c1-14-20-15(27)12-18-25(5)11-8-16-23(2,3)9-7-10-24(16,4)17(25)13-19(28)26(18,6)21(20)22(29)30-14/h14-21,27-28H,7-13H2,1-6H3/t14-,15+,16+,17+,18-,19-,20+,21-,24+,25-,26-/m1/s1. The normalized spacial score (nSPS) is 59.4. The molecule has 1 aliphatic heterocycles. The van der Waals surface area contributed by atoms with Gasteiger partial charge in [-0.3, -0.25) is 4.79 Å². The molecule has 4 nitrogen and oxygen atoms in total. The fraction of sp³-hybridized carbons (Fsp3) is 0.962. The maximum Gasteiger partial charge on any atom is 0.310 e. The first-order valence-corrected chi connectivity index (χ1v) is 12.4. The van der Waals surface area contributed by atoms with E-state index < -0.39 is 17.6 Å². The van der Waals surface area contributed by atoms with Crippen LogP contribution in [-0.2, 0) is 9.53 Å². The summed E-state index contributed by atoms with van der Waals surface area (Å²) >= 11 is 0. The number of aliphatic hydroxyl groups is 2. The number of fused-ring (bicyclic) bond motifs is 7. The summed E-state index contributed by atoms with van der Waals surface area (Å²) in [6, 6.07) is 0. The Morgan fingerprint density at radius 3 is 2.27 bits per heavy atom. The zero-order chi connectivity index (χ0) is 21.9. The van der Waals surface area contributed by atoms with E-state index in [-0.39, 0.29) is 40.7 Å². The van der Waals surface area contributed by atoms with E-state index in [0.29, 0.717) is 23.7 Å². The highest BCUT2D eigenvalue weighted by Gasteiger charge is 2.72. The van der Waals surface area contributed by atoms with E-state index in [2.05, 4.69) is 34.6 Å². The molecule has 11 atom stereocenters. The third-order valence-electron chi connectivity index (χ3n) is 11.6. The molecular weight excluding hydrogens is 376 g/mol. The first kappa shape index (κ1) is 21.2. The number of carbonyl (C=O) groups is 1. The molecule has 5 aliphatic rings. The molecule has 0 aromatic rings. The molecule has 30 heavy (non-hydrogen) atoms. The van der Waals surface area contributed by atoms with Gasteiger partial charge in [-0.1, -0.05) is 41.0 Å². The van der Waals surface area contributed by atoms with Crippen LogP contribution in [0.25, 0.3) is 0 Å². The lowest BCUT2D eigenvalue weighted by molar-refractivity contribution is -0.257. The van der Waals surface area contributed by atoms with Gasteiger partial charge in [0.1, 0.15) is 6.10 Å². The van der Waals surface area contributed by atoms with Gasteiger partial charge in [0.15, 0.2) is 0 Å². The fourth-order valence-corrected chi connectivity index (χ4v) is 10.4. The largest absolute Gasteiger partial charge is 0.462 e. The maximum atomic E-state index is 13.0. The van der Waals surface area contributed by atoms with E-state index in [1.165, 1.54) is 25.7 Å². The summed E-state index contributed by atoms with van der Waals surface area (Å²) in [6.07, 6.45) is 6.35. The molecule has 0 bridgehead atoms. The molecule has 0 aromatic carbocycles. The number of rotatable bonds is 0. The summed E-state index contributed by atoms with van der Waals surface area (Å²) in [5, 5.41) is 22.9. The Balaban J connectivity index is 1.59. The molecule has 4 heteroatoms. The van der Waals surface area contributed by atoms with Crippen LogP contribution in [-0.4, -0.2) is 34.5 Å². The first-order chi connectivity index (χ1) is 13.9. The van der Waals surface area contributed by atoms with Crippen molar-refractivity contribution in [1.29, 1.82) is 0 Å². The van der Waals surface area contributed by atoms with Gasteiger partial charge in [0.2, 0.25) is 0 Å². The van der Waals surface area contributed by atoms with Crippen molar-refractivity contribution >= 4 is 5.97 Å².